The number of methoxy groups -OCH3 is 1. The van der Waals surface area contributed by atoms with Crippen molar-refractivity contribution in [3.63, 3.8) is 0 Å². The fraction of sp³-hybridized carbons (Fsp3) is 0.889. The van der Waals surface area contributed by atoms with Crippen LogP contribution in [-0.2, 0) is 9.53 Å². The molecule has 0 aliphatic rings. The first-order valence-electron chi connectivity index (χ1n) is 4.56. The van der Waals surface area contributed by atoms with Gasteiger partial charge in [0, 0.05) is 0 Å². The van der Waals surface area contributed by atoms with Crippen LogP contribution in [0, 0.1) is 0 Å². The zero-order chi connectivity index (χ0) is 10.3. The number of halogens is 1. The van der Waals surface area contributed by atoms with Gasteiger partial charge in [0.1, 0.15) is 6.04 Å². The van der Waals surface area contributed by atoms with Crippen LogP contribution in [0.3, 0.4) is 0 Å². The van der Waals surface area contributed by atoms with Crippen LogP contribution in [0.25, 0.3) is 0 Å². The number of ether oxygens (including phenoxy) is 1. The number of unbranched alkanes of at least 4 members (excludes halogenated alkanes) is 1. The van der Waals surface area contributed by atoms with Crippen molar-refractivity contribution in [2.45, 2.75) is 25.3 Å². The van der Waals surface area contributed by atoms with Crippen molar-refractivity contribution < 1.29 is 9.53 Å². The van der Waals surface area contributed by atoms with Crippen LogP contribution in [0.5, 0.6) is 0 Å². The van der Waals surface area contributed by atoms with E-state index in [2.05, 4.69) is 9.64 Å². The Morgan fingerprint density at radius 3 is 2.43 bits per heavy atom. The van der Waals surface area contributed by atoms with Crippen molar-refractivity contribution in [2.75, 3.05) is 27.7 Å². The molecule has 0 heterocycles. The summed E-state index contributed by atoms with van der Waals surface area (Å²) in [6.45, 7) is 1.04. The molecule has 0 aliphatic carbocycles. The van der Waals surface area contributed by atoms with Crippen LogP contribution < -0.4 is 5.73 Å². The average Bonchev–Trinajstić information content (AvgIpc) is 2.10. The summed E-state index contributed by atoms with van der Waals surface area (Å²) in [4.78, 5) is 13.0. The molecule has 4 nitrogen and oxygen atoms in total. The van der Waals surface area contributed by atoms with Gasteiger partial charge >= 0.3 is 5.97 Å². The van der Waals surface area contributed by atoms with E-state index in [1.54, 1.807) is 0 Å². The molecule has 0 saturated carbocycles. The number of carbonyl (C=O) groups excluding carboxylic acids is 1. The Bertz CT molecular complexity index is 154. The summed E-state index contributed by atoms with van der Waals surface area (Å²) in [5, 5.41) is 0. The summed E-state index contributed by atoms with van der Waals surface area (Å²) in [5.74, 6) is -0.315. The molecule has 0 bridgehead atoms. The van der Waals surface area contributed by atoms with Gasteiger partial charge in [0.15, 0.2) is 0 Å². The van der Waals surface area contributed by atoms with Crippen LogP contribution in [0.4, 0.5) is 0 Å². The molecule has 2 N–H and O–H groups in total. The highest BCUT2D eigenvalue weighted by Crippen LogP contribution is 2.00. The summed E-state index contributed by atoms with van der Waals surface area (Å²) >= 11 is 0. The maximum atomic E-state index is 10.9. The van der Waals surface area contributed by atoms with E-state index in [1.807, 2.05) is 14.1 Å². The normalized spacial score (nSPS) is 12.1. The largest absolute Gasteiger partial charge is 0.468 e. The highest BCUT2D eigenvalue weighted by Gasteiger charge is 2.12. The first-order valence-corrected chi connectivity index (χ1v) is 4.56. The molecule has 0 radical (unpaired) electrons. The summed E-state index contributed by atoms with van der Waals surface area (Å²) < 4.78 is 4.52. The number of hydrogen-bond donors (Lipinski definition) is 1. The molecule has 0 rings (SSSR count). The first kappa shape index (κ1) is 16.1. The Morgan fingerprint density at radius 2 is 2.00 bits per heavy atom. The standard InChI is InChI=1S/C9H20N2O2.ClH/c1-11(2)7-5-4-6-8(10)9(12)13-3;/h8H,4-7,10H2,1-3H3;1H/t8-;/m0./s1. The smallest absolute Gasteiger partial charge is 0.322 e. The van der Waals surface area contributed by atoms with Crippen molar-refractivity contribution >= 4 is 18.4 Å². The molecule has 0 spiro atoms. The third-order valence-corrected chi connectivity index (χ3v) is 1.87. The molecular formula is C9H21ClN2O2. The fourth-order valence-corrected chi connectivity index (χ4v) is 1.06. The topological polar surface area (TPSA) is 55.6 Å². The number of hydrogen-bond acceptors (Lipinski definition) is 4. The Hall–Kier alpha value is -0.320. The van der Waals surface area contributed by atoms with E-state index in [4.69, 9.17) is 5.73 Å². The Labute approximate surface area is 92.2 Å². The molecule has 0 aromatic heterocycles. The minimum Gasteiger partial charge on any atom is -0.468 e. The van der Waals surface area contributed by atoms with Crippen LogP contribution >= 0.6 is 12.4 Å². The number of nitrogens with zero attached hydrogens (tertiary/aromatic N) is 1. The molecule has 5 heteroatoms. The van der Waals surface area contributed by atoms with Crippen molar-refractivity contribution in [2.24, 2.45) is 5.73 Å². The molecule has 0 amide bonds. The molecule has 86 valence electrons. The van der Waals surface area contributed by atoms with Crippen LogP contribution in [0.2, 0.25) is 0 Å². The maximum Gasteiger partial charge on any atom is 0.322 e. The molecular weight excluding hydrogens is 204 g/mol. The van der Waals surface area contributed by atoms with E-state index >= 15 is 0 Å². The minimum atomic E-state index is -0.452. The first-order chi connectivity index (χ1) is 6.07. The number of nitrogens with two attached hydrogens (primary N) is 1. The van der Waals surface area contributed by atoms with Crippen LogP contribution in [-0.4, -0.2) is 44.7 Å². The van der Waals surface area contributed by atoms with Crippen molar-refractivity contribution in [1.82, 2.24) is 4.90 Å². The Morgan fingerprint density at radius 1 is 1.43 bits per heavy atom. The molecule has 0 aromatic carbocycles. The maximum absolute atomic E-state index is 10.9. The fourth-order valence-electron chi connectivity index (χ4n) is 1.06. The molecule has 14 heavy (non-hydrogen) atoms. The minimum absolute atomic E-state index is 0. The SMILES string of the molecule is COC(=O)[C@@H](N)CCCCN(C)C.Cl. The molecule has 1 atom stereocenters. The monoisotopic (exact) mass is 224 g/mol. The van der Waals surface area contributed by atoms with E-state index in [0.29, 0.717) is 6.42 Å². The van der Waals surface area contributed by atoms with Gasteiger partial charge in [-0.1, -0.05) is 6.42 Å². The lowest BCUT2D eigenvalue weighted by atomic mass is 10.1. The predicted octanol–water partition coefficient (Wildman–Crippen LogP) is 0.640. The number of esters is 1. The summed E-state index contributed by atoms with van der Waals surface area (Å²) in [6, 6.07) is -0.452. The van der Waals surface area contributed by atoms with Crippen LogP contribution in [0.15, 0.2) is 0 Å². The van der Waals surface area contributed by atoms with E-state index in [9.17, 15) is 4.79 Å². The van der Waals surface area contributed by atoms with Gasteiger partial charge in [0.2, 0.25) is 0 Å². The zero-order valence-electron chi connectivity index (χ0n) is 9.16. The van der Waals surface area contributed by atoms with Crippen molar-refractivity contribution in [3.05, 3.63) is 0 Å². The van der Waals surface area contributed by atoms with Gasteiger partial charge in [0.25, 0.3) is 0 Å². The Kier molecular flexibility index (Phi) is 10.6. The van der Waals surface area contributed by atoms with Crippen LogP contribution in [0.1, 0.15) is 19.3 Å². The summed E-state index contributed by atoms with van der Waals surface area (Å²) in [7, 11) is 5.42. The third-order valence-electron chi connectivity index (χ3n) is 1.87. The second kappa shape index (κ2) is 9.24. The lowest BCUT2D eigenvalue weighted by Crippen LogP contribution is -2.31. The quantitative estimate of drug-likeness (QED) is 0.532. The van der Waals surface area contributed by atoms with Gasteiger partial charge in [-0.2, -0.15) is 0 Å². The van der Waals surface area contributed by atoms with Gasteiger partial charge in [-0.25, -0.2) is 0 Å². The lowest BCUT2D eigenvalue weighted by Gasteiger charge is -2.11. The molecule has 0 fully saturated rings. The van der Waals surface area contributed by atoms with E-state index in [-0.39, 0.29) is 18.4 Å². The molecule has 0 saturated heterocycles. The predicted molar refractivity (Wildman–Crippen MR) is 59.6 cm³/mol. The highest BCUT2D eigenvalue weighted by atomic mass is 35.5. The van der Waals surface area contributed by atoms with Gasteiger partial charge in [0.05, 0.1) is 7.11 Å². The molecule has 0 unspecified atom stereocenters. The Balaban J connectivity index is 0. The second-order valence-electron chi connectivity index (χ2n) is 3.43. The van der Waals surface area contributed by atoms with Gasteiger partial charge in [-0.15, -0.1) is 12.4 Å². The summed E-state index contributed by atoms with van der Waals surface area (Å²) in [5.41, 5.74) is 5.56. The molecule has 0 aliphatic heterocycles. The summed E-state index contributed by atoms with van der Waals surface area (Å²) in [6.07, 6.45) is 2.74. The van der Waals surface area contributed by atoms with Gasteiger partial charge < -0.3 is 15.4 Å². The van der Waals surface area contributed by atoms with Crippen molar-refractivity contribution in [1.29, 1.82) is 0 Å². The number of rotatable bonds is 6. The van der Waals surface area contributed by atoms with Crippen molar-refractivity contribution in [3.8, 4) is 0 Å². The third kappa shape index (κ3) is 8.29. The van der Waals surface area contributed by atoms with Gasteiger partial charge in [-0.3, -0.25) is 4.79 Å². The lowest BCUT2D eigenvalue weighted by molar-refractivity contribution is -0.142. The van der Waals surface area contributed by atoms with E-state index < -0.39 is 6.04 Å². The highest BCUT2D eigenvalue weighted by molar-refractivity contribution is 5.85. The molecule has 0 aromatic rings. The van der Waals surface area contributed by atoms with Gasteiger partial charge in [-0.05, 0) is 33.5 Å². The van der Waals surface area contributed by atoms with E-state index in [1.165, 1.54) is 7.11 Å². The second-order valence-corrected chi connectivity index (χ2v) is 3.43. The zero-order valence-corrected chi connectivity index (χ0v) is 9.97. The number of carbonyl (C=O) groups is 1. The van der Waals surface area contributed by atoms with E-state index in [0.717, 1.165) is 19.4 Å². The average molecular weight is 225 g/mol.